The van der Waals surface area contributed by atoms with Crippen LogP contribution in [0.15, 0.2) is 24.4 Å². The molecule has 5 nitrogen and oxygen atoms in total. The van der Waals surface area contributed by atoms with Crippen LogP contribution in [0.3, 0.4) is 0 Å². The topological polar surface area (TPSA) is 68.3 Å². The Labute approximate surface area is 113 Å². The van der Waals surface area contributed by atoms with Crippen LogP contribution in [-0.4, -0.2) is 30.5 Å². The molecule has 5 heteroatoms. The smallest absolute Gasteiger partial charge is 0.306 e. The van der Waals surface area contributed by atoms with Crippen molar-refractivity contribution in [3.05, 3.63) is 30.1 Å². The summed E-state index contributed by atoms with van der Waals surface area (Å²) in [5.74, 6) is -0.534. The molecule has 0 atom stereocenters. The highest BCUT2D eigenvalue weighted by atomic mass is 16.5. The molecule has 0 aliphatic carbocycles. The summed E-state index contributed by atoms with van der Waals surface area (Å²) in [4.78, 5) is 26.8. The van der Waals surface area contributed by atoms with Crippen LogP contribution >= 0.6 is 0 Å². The first kappa shape index (κ1) is 15.1. The van der Waals surface area contributed by atoms with E-state index in [2.05, 4.69) is 15.0 Å². The zero-order valence-electron chi connectivity index (χ0n) is 11.6. The Morgan fingerprint density at radius 3 is 2.63 bits per heavy atom. The minimum absolute atomic E-state index is 0.104. The number of aromatic nitrogens is 1. The summed E-state index contributed by atoms with van der Waals surface area (Å²) in [6.45, 7) is 4.50. The fourth-order valence-electron chi connectivity index (χ4n) is 1.58. The van der Waals surface area contributed by atoms with Crippen LogP contribution in [0.2, 0.25) is 0 Å². The minimum atomic E-state index is -0.376. The lowest BCUT2D eigenvalue weighted by Gasteiger charge is -2.24. The van der Waals surface area contributed by atoms with Crippen LogP contribution in [0, 0.1) is 0 Å². The number of carbonyl (C=O) groups is 2. The van der Waals surface area contributed by atoms with Gasteiger partial charge in [0.2, 0.25) is 5.91 Å². The van der Waals surface area contributed by atoms with Gasteiger partial charge >= 0.3 is 5.97 Å². The first-order valence-corrected chi connectivity index (χ1v) is 6.21. The van der Waals surface area contributed by atoms with Crippen molar-refractivity contribution in [2.75, 3.05) is 13.7 Å². The van der Waals surface area contributed by atoms with Crippen LogP contribution in [0.4, 0.5) is 0 Å². The lowest BCUT2D eigenvalue weighted by atomic mass is 9.88. The maximum atomic E-state index is 11.6. The summed E-state index contributed by atoms with van der Waals surface area (Å²) in [5.41, 5.74) is 0.672. The Hall–Kier alpha value is -1.91. The predicted octanol–water partition coefficient (Wildman–Crippen LogP) is 1.43. The van der Waals surface area contributed by atoms with Crippen LogP contribution in [0.5, 0.6) is 0 Å². The number of rotatable bonds is 6. The molecule has 0 radical (unpaired) electrons. The van der Waals surface area contributed by atoms with Gasteiger partial charge in [-0.05, 0) is 12.1 Å². The summed E-state index contributed by atoms with van der Waals surface area (Å²) in [7, 11) is 1.31. The molecule has 1 rings (SSSR count). The molecule has 1 N–H and O–H groups in total. The fourth-order valence-corrected chi connectivity index (χ4v) is 1.58. The molecule has 0 aliphatic heterocycles. The Balaban J connectivity index is 2.43. The Bertz CT molecular complexity index is 430. The van der Waals surface area contributed by atoms with Gasteiger partial charge in [-0.1, -0.05) is 19.9 Å². The monoisotopic (exact) mass is 264 g/mol. The van der Waals surface area contributed by atoms with Crippen LogP contribution in [0.1, 0.15) is 32.4 Å². The second-order valence-corrected chi connectivity index (χ2v) is 4.95. The third-order valence-corrected chi connectivity index (χ3v) is 2.87. The van der Waals surface area contributed by atoms with Gasteiger partial charge in [0.1, 0.15) is 0 Å². The number of ether oxygens (including phenoxy) is 1. The average molecular weight is 264 g/mol. The molecule has 0 saturated heterocycles. The van der Waals surface area contributed by atoms with Gasteiger partial charge in [-0.2, -0.15) is 0 Å². The molecule has 1 aromatic heterocycles. The van der Waals surface area contributed by atoms with Crippen molar-refractivity contribution < 1.29 is 14.3 Å². The largest absolute Gasteiger partial charge is 0.469 e. The van der Waals surface area contributed by atoms with Crippen LogP contribution in [-0.2, 0) is 19.7 Å². The average Bonchev–Trinajstić information content (AvgIpc) is 2.43. The molecule has 1 amide bonds. The number of methoxy groups -OCH3 is 1. The molecular weight excluding hydrogens is 244 g/mol. The first-order valence-electron chi connectivity index (χ1n) is 6.21. The van der Waals surface area contributed by atoms with Crippen LogP contribution < -0.4 is 5.32 Å². The summed E-state index contributed by atoms with van der Waals surface area (Å²) in [6.07, 6.45) is 1.98. The number of nitrogens with zero attached hydrogens (tertiary/aromatic N) is 1. The summed E-state index contributed by atoms with van der Waals surface area (Å²) < 4.78 is 4.49. The standard InChI is InChI=1S/C14H20N2O3/c1-14(2,11-6-4-5-9-15-11)10-16-12(17)7-8-13(18)19-3/h4-6,9H,7-8,10H2,1-3H3,(H,16,17). The molecule has 104 valence electrons. The van der Waals surface area contributed by atoms with Gasteiger partial charge in [0.15, 0.2) is 0 Å². The van der Waals surface area contributed by atoms with Gasteiger partial charge in [-0.25, -0.2) is 0 Å². The molecule has 1 heterocycles. The van der Waals surface area contributed by atoms with Gasteiger partial charge < -0.3 is 10.1 Å². The Morgan fingerprint density at radius 2 is 2.05 bits per heavy atom. The van der Waals surface area contributed by atoms with E-state index in [9.17, 15) is 9.59 Å². The van der Waals surface area contributed by atoms with Crippen molar-refractivity contribution in [3.63, 3.8) is 0 Å². The van der Waals surface area contributed by atoms with E-state index in [1.54, 1.807) is 6.20 Å². The highest BCUT2D eigenvalue weighted by Gasteiger charge is 2.22. The van der Waals surface area contributed by atoms with Crippen molar-refractivity contribution in [1.82, 2.24) is 10.3 Å². The maximum Gasteiger partial charge on any atom is 0.306 e. The van der Waals surface area contributed by atoms with Gasteiger partial charge in [0, 0.05) is 30.3 Å². The van der Waals surface area contributed by atoms with Gasteiger partial charge in [-0.15, -0.1) is 0 Å². The molecule has 0 bridgehead atoms. The van der Waals surface area contributed by atoms with E-state index in [4.69, 9.17) is 0 Å². The van der Waals surface area contributed by atoms with E-state index in [1.165, 1.54) is 7.11 Å². The molecule has 0 spiro atoms. The second-order valence-electron chi connectivity index (χ2n) is 4.95. The highest BCUT2D eigenvalue weighted by molar-refractivity contribution is 5.81. The molecule has 0 aliphatic rings. The normalized spacial score (nSPS) is 10.9. The number of hydrogen-bond acceptors (Lipinski definition) is 4. The van der Waals surface area contributed by atoms with Gasteiger partial charge in [-0.3, -0.25) is 14.6 Å². The number of nitrogens with one attached hydrogen (secondary N) is 1. The van der Waals surface area contributed by atoms with E-state index in [0.29, 0.717) is 6.54 Å². The molecule has 1 aromatic rings. The third-order valence-electron chi connectivity index (χ3n) is 2.87. The predicted molar refractivity (Wildman–Crippen MR) is 71.5 cm³/mol. The number of carbonyl (C=O) groups excluding carboxylic acids is 2. The van der Waals surface area contributed by atoms with E-state index >= 15 is 0 Å². The lowest BCUT2D eigenvalue weighted by molar-refractivity contribution is -0.142. The molecule has 0 aromatic carbocycles. The SMILES string of the molecule is COC(=O)CCC(=O)NCC(C)(C)c1ccccn1. The second kappa shape index (κ2) is 6.87. The zero-order chi connectivity index (χ0) is 14.3. The maximum absolute atomic E-state index is 11.6. The fraction of sp³-hybridized carbons (Fsp3) is 0.500. The van der Waals surface area contributed by atoms with Crippen molar-refractivity contribution in [1.29, 1.82) is 0 Å². The van der Waals surface area contributed by atoms with E-state index in [0.717, 1.165) is 5.69 Å². The quantitative estimate of drug-likeness (QED) is 0.789. The van der Waals surface area contributed by atoms with Crippen molar-refractivity contribution in [2.24, 2.45) is 0 Å². The van der Waals surface area contributed by atoms with Gasteiger partial charge in [0.05, 0.1) is 13.5 Å². The Kier molecular flexibility index (Phi) is 5.48. The number of pyridine rings is 1. The van der Waals surface area contributed by atoms with Crippen LogP contribution in [0.25, 0.3) is 0 Å². The molecule has 0 fully saturated rings. The molecule has 19 heavy (non-hydrogen) atoms. The Morgan fingerprint density at radius 1 is 1.32 bits per heavy atom. The van der Waals surface area contributed by atoms with E-state index in [-0.39, 0.29) is 30.1 Å². The third kappa shape index (κ3) is 5.07. The first-order chi connectivity index (χ1) is 8.95. The molecular formula is C14H20N2O3. The summed E-state index contributed by atoms with van der Waals surface area (Å²) in [5, 5.41) is 2.81. The number of hydrogen-bond donors (Lipinski definition) is 1. The van der Waals surface area contributed by atoms with Crippen molar-refractivity contribution >= 4 is 11.9 Å². The van der Waals surface area contributed by atoms with E-state index in [1.807, 2.05) is 32.0 Å². The minimum Gasteiger partial charge on any atom is -0.469 e. The zero-order valence-corrected chi connectivity index (χ0v) is 11.6. The number of esters is 1. The number of amides is 1. The van der Waals surface area contributed by atoms with Crippen molar-refractivity contribution in [3.8, 4) is 0 Å². The molecule has 0 unspecified atom stereocenters. The van der Waals surface area contributed by atoms with E-state index < -0.39 is 0 Å². The van der Waals surface area contributed by atoms with Crippen molar-refractivity contribution in [2.45, 2.75) is 32.1 Å². The highest BCUT2D eigenvalue weighted by Crippen LogP contribution is 2.19. The lowest BCUT2D eigenvalue weighted by Crippen LogP contribution is -2.37. The summed E-state index contributed by atoms with van der Waals surface area (Å²) in [6, 6.07) is 5.71. The van der Waals surface area contributed by atoms with Gasteiger partial charge in [0.25, 0.3) is 0 Å². The summed E-state index contributed by atoms with van der Waals surface area (Å²) >= 11 is 0. The molecule has 0 saturated carbocycles.